The molecule has 4 nitrogen and oxygen atoms in total. The largest absolute Gasteiger partial charge is 0.368 e. The first-order valence-electron chi connectivity index (χ1n) is 4.23. The van der Waals surface area contributed by atoms with Crippen molar-refractivity contribution in [3.8, 4) is 0 Å². The topological polar surface area (TPSA) is 55.0 Å². The van der Waals surface area contributed by atoms with E-state index in [1.165, 1.54) is 0 Å². The summed E-state index contributed by atoms with van der Waals surface area (Å²) < 4.78 is 0. The number of aromatic nitrogens is 2. The molecule has 0 saturated carbocycles. The van der Waals surface area contributed by atoms with Gasteiger partial charge in [-0.3, -0.25) is 0 Å². The predicted octanol–water partition coefficient (Wildman–Crippen LogP) is 1.76. The van der Waals surface area contributed by atoms with Gasteiger partial charge in [0.15, 0.2) is 0 Å². The summed E-state index contributed by atoms with van der Waals surface area (Å²) in [6, 6.07) is 1.79. The molecule has 86 valence electrons. The molecule has 0 saturated heterocycles. The number of nitrogens with zero attached hydrogens (tertiary/aromatic N) is 3. The number of halogens is 3. The Labute approximate surface area is 105 Å². The quantitative estimate of drug-likeness (QED) is 0.829. The van der Waals surface area contributed by atoms with Crippen molar-refractivity contribution >= 4 is 47.4 Å². The maximum Gasteiger partial charge on any atom is 0.221 e. The SMILES string of the molecule is Cl.Nc1nccc(N(CCCl)CCCl)n1. The van der Waals surface area contributed by atoms with E-state index in [9.17, 15) is 0 Å². The zero-order valence-electron chi connectivity index (χ0n) is 8.07. The third-order valence-corrected chi connectivity index (χ3v) is 2.03. The van der Waals surface area contributed by atoms with Gasteiger partial charge >= 0.3 is 0 Å². The number of hydrogen-bond acceptors (Lipinski definition) is 4. The van der Waals surface area contributed by atoms with Gasteiger partial charge < -0.3 is 10.6 Å². The van der Waals surface area contributed by atoms with E-state index in [1.807, 2.05) is 4.90 Å². The molecule has 1 heterocycles. The van der Waals surface area contributed by atoms with E-state index in [0.717, 1.165) is 5.82 Å². The second kappa shape index (κ2) is 7.79. The smallest absolute Gasteiger partial charge is 0.221 e. The number of alkyl halides is 2. The Morgan fingerprint density at radius 3 is 2.33 bits per heavy atom. The van der Waals surface area contributed by atoms with Gasteiger partial charge in [-0.1, -0.05) is 0 Å². The van der Waals surface area contributed by atoms with Crippen LogP contribution in [0.5, 0.6) is 0 Å². The second-order valence-electron chi connectivity index (χ2n) is 2.64. The lowest BCUT2D eigenvalue weighted by molar-refractivity contribution is 0.850. The highest BCUT2D eigenvalue weighted by Crippen LogP contribution is 2.10. The van der Waals surface area contributed by atoms with Gasteiger partial charge in [0.25, 0.3) is 0 Å². The van der Waals surface area contributed by atoms with Gasteiger partial charge in [-0.15, -0.1) is 35.6 Å². The number of anilines is 2. The van der Waals surface area contributed by atoms with Crippen molar-refractivity contribution in [2.24, 2.45) is 0 Å². The van der Waals surface area contributed by atoms with Gasteiger partial charge in [0.2, 0.25) is 5.95 Å². The van der Waals surface area contributed by atoms with Gasteiger partial charge in [-0.05, 0) is 6.07 Å². The van der Waals surface area contributed by atoms with Crippen LogP contribution in [0.3, 0.4) is 0 Å². The fourth-order valence-corrected chi connectivity index (χ4v) is 1.49. The Kier molecular flexibility index (Phi) is 7.56. The van der Waals surface area contributed by atoms with E-state index in [-0.39, 0.29) is 18.4 Å². The minimum atomic E-state index is 0. The fourth-order valence-electron chi connectivity index (χ4n) is 1.08. The molecular formula is C8H13Cl3N4. The Morgan fingerprint density at radius 1 is 1.27 bits per heavy atom. The van der Waals surface area contributed by atoms with E-state index >= 15 is 0 Å². The summed E-state index contributed by atoms with van der Waals surface area (Å²) in [5, 5.41) is 0. The summed E-state index contributed by atoms with van der Waals surface area (Å²) in [4.78, 5) is 9.87. The Morgan fingerprint density at radius 2 is 1.87 bits per heavy atom. The van der Waals surface area contributed by atoms with Crippen molar-refractivity contribution in [3.05, 3.63) is 12.3 Å². The lowest BCUT2D eigenvalue weighted by Crippen LogP contribution is -2.28. The minimum absolute atomic E-state index is 0. The molecule has 0 spiro atoms. The lowest BCUT2D eigenvalue weighted by atomic mass is 10.4. The third-order valence-electron chi connectivity index (χ3n) is 1.69. The van der Waals surface area contributed by atoms with Crippen molar-refractivity contribution in [2.45, 2.75) is 0 Å². The highest BCUT2D eigenvalue weighted by molar-refractivity contribution is 6.18. The molecule has 1 aromatic heterocycles. The number of nitrogen functional groups attached to an aromatic ring is 1. The Balaban J connectivity index is 0.00000196. The summed E-state index contributed by atoms with van der Waals surface area (Å²) in [6.07, 6.45) is 1.62. The lowest BCUT2D eigenvalue weighted by Gasteiger charge is -2.21. The average Bonchev–Trinajstić information content (AvgIpc) is 2.17. The molecular weight excluding hydrogens is 258 g/mol. The van der Waals surface area contributed by atoms with Crippen LogP contribution in [-0.2, 0) is 0 Å². The molecule has 0 aliphatic heterocycles. The zero-order chi connectivity index (χ0) is 10.4. The van der Waals surface area contributed by atoms with Gasteiger partial charge in [0.1, 0.15) is 5.82 Å². The van der Waals surface area contributed by atoms with Crippen LogP contribution in [0.4, 0.5) is 11.8 Å². The zero-order valence-corrected chi connectivity index (χ0v) is 10.4. The Hall–Kier alpha value is -0.450. The molecule has 0 amide bonds. The van der Waals surface area contributed by atoms with Crippen LogP contribution in [0.15, 0.2) is 12.3 Å². The van der Waals surface area contributed by atoms with Crippen molar-refractivity contribution in [3.63, 3.8) is 0 Å². The monoisotopic (exact) mass is 270 g/mol. The first-order valence-corrected chi connectivity index (χ1v) is 5.30. The molecule has 0 fully saturated rings. The molecule has 1 rings (SSSR count). The first kappa shape index (κ1) is 14.6. The van der Waals surface area contributed by atoms with E-state index in [2.05, 4.69) is 9.97 Å². The normalized spacial score (nSPS) is 9.47. The molecule has 1 aromatic rings. The van der Waals surface area contributed by atoms with Crippen LogP contribution in [0.25, 0.3) is 0 Å². The van der Waals surface area contributed by atoms with Crippen LogP contribution in [0, 0.1) is 0 Å². The highest BCUT2D eigenvalue weighted by atomic mass is 35.5. The van der Waals surface area contributed by atoms with E-state index in [0.29, 0.717) is 24.8 Å². The molecule has 0 aromatic carbocycles. The third kappa shape index (κ3) is 4.73. The highest BCUT2D eigenvalue weighted by Gasteiger charge is 2.06. The van der Waals surface area contributed by atoms with Crippen LogP contribution in [0.1, 0.15) is 0 Å². The maximum atomic E-state index is 5.66. The van der Waals surface area contributed by atoms with Gasteiger partial charge in [0.05, 0.1) is 0 Å². The van der Waals surface area contributed by atoms with E-state index < -0.39 is 0 Å². The molecule has 15 heavy (non-hydrogen) atoms. The summed E-state index contributed by atoms with van der Waals surface area (Å²) in [6.45, 7) is 1.40. The van der Waals surface area contributed by atoms with Crippen molar-refractivity contribution in [2.75, 3.05) is 35.5 Å². The fraction of sp³-hybridized carbons (Fsp3) is 0.500. The second-order valence-corrected chi connectivity index (χ2v) is 3.39. The predicted molar refractivity (Wildman–Crippen MR) is 67.3 cm³/mol. The molecule has 0 aliphatic carbocycles. The maximum absolute atomic E-state index is 5.66. The number of rotatable bonds is 5. The summed E-state index contributed by atoms with van der Waals surface area (Å²) in [5.41, 5.74) is 5.47. The summed E-state index contributed by atoms with van der Waals surface area (Å²) >= 11 is 11.3. The van der Waals surface area contributed by atoms with Gasteiger partial charge in [-0.2, -0.15) is 4.98 Å². The van der Waals surface area contributed by atoms with Crippen molar-refractivity contribution in [1.29, 1.82) is 0 Å². The van der Waals surface area contributed by atoms with Gasteiger partial charge in [-0.25, -0.2) is 4.98 Å². The molecule has 2 N–H and O–H groups in total. The molecule has 0 aliphatic rings. The first-order chi connectivity index (χ1) is 6.77. The van der Waals surface area contributed by atoms with Gasteiger partial charge in [0, 0.05) is 31.0 Å². The van der Waals surface area contributed by atoms with Crippen molar-refractivity contribution < 1.29 is 0 Å². The molecule has 0 atom stereocenters. The van der Waals surface area contributed by atoms with Crippen LogP contribution >= 0.6 is 35.6 Å². The Bertz CT molecular complexity index is 278. The molecule has 0 unspecified atom stereocenters. The van der Waals surface area contributed by atoms with Crippen LogP contribution < -0.4 is 10.6 Å². The molecule has 0 bridgehead atoms. The standard InChI is InChI=1S/C8H12Cl2N4.ClH/c9-2-5-14(6-3-10)7-1-4-12-8(11)13-7;/h1,4H,2-3,5-6H2,(H2,11,12,13);1H. The number of nitrogens with two attached hydrogens (primary N) is 1. The van der Waals surface area contributed by atoms with Crippen LogP contribution in [-0.4, -0.2) is 34.8 Å². The summed E-state index contributed by atoms with van der Waals surface area (Å²) in [5.74, 6) is 2.08. The number of hydrogen-bond donors (Lipinski definition) is 1. The van der Waals surface area contributed by atoms with E-state index in [1.54, 1.807) is 12.3 Å². The minimum Gasteiger partial charge on any atom is -0.368 e. The summed E-state index contributed by atoms with van der Waals surface area (Å²) in [7, 11) is 0. The molecule has 0 radical (unpaired) electrons. The van der Waals surface area contributed by atoms with E-state index in [4.69, 9.17) is 28.9 Å². The van der Waals surface area contributed by atoms with Crippen molar-refractivity contribution in [1.82, 2.24) is 9.97 Å². The van der Waals surface area contributed by atoms with Crippen LogP contribution in [0.2, 0.25) is 0 Å². The molecule has 7 heteroatoms. The average molecular weight is 272 g/mol.